The molecule has 2 aliphatic rings. The molecular formula is C42H45Cl4N9O5. The standard InChI is InChI=1S/C25H23Cl2N5O3.C16H18Cl2N4O2.CH4/c1-25(2,35)20-13-31(21(33)10-14-4-7-16(29-3)8-5-14)12-19-22(24(28)34)23(30-32(19)20)15-6-9-17(26)18(27)11-15;1-16(2,24)12-7-20-6-11-13(15(19)23)14(21-22(11)12)8-3-4-9(17)10(18)5-8;/h4-9,11,20,35H,10,12-13H2,1-2H3,(H2,28,34);3-5,12,20,24H,6-7H2,1-2H3,(H2,19,23);1H4/i;;1D. The van der Waals surface area contributed by atoms with Gasteiger partial charge >= 0.3 is 0 Å². The van der Waals surface area contributed by atoms with Gasteiger partial charge in [-0.1, -0.05) is 90.2 Å². The van der Waals surface area contributed by atoms with Crippen LogP contribution in [0.5, 0.6) is 0 Å². The van der Waals surface area contributed by atoms with Gasteiger partial charge in [0.25, 0.3) is 11.8 Å². The number of nitrogens with two attached hydrogens (primary N) is 2. The number of primary amides is 2. The number of fused-ring (bicyclic) bond motifs is 2. The molecule has 4 heterocycles. The van der Waals surface area contributed by atoms with E-state index in [1.807, 2.05) is 0 Å². The van der Waals surface area contributed by atoms with Crippen molar-refractivity contribution in [1.82, 2.24) is 29.8 Å². The van der Waals surface area contributed by atoms with Gasteiger partial charge in [0.1, 0.15) is 11.4 Å². The summed E-state index contributed by atoms with van der Waals surface area (Å²) < 4.78 is 9.03. The topological polar surface area (TPSA) is 199 Å². The summed E-state index contributed by atoms with van der Waals surface area (Å²) >= 11 is 24.3. The Hall–Kier alpha value is -4.98. The maximum atomic E-state index is 13.3. The van der Waals surface area contributed by atoms with Crippen molar-refractivity contribution >= 4 is 69.8 Å². The molecule has 3 aromatic carbocycles. The van der Waals surface area contributed by atoms with Crippen LogP contribution in [0, 0.1) is 6.57 Å². The molecule has 7 N–H and O–H groups in total. The van der Waals surface area contributed by atoms with Gasteiger partial charge in [0, 0.05) is 32.1 Å². The Balaban J connectivity index is 0.000000236. The molecule has 0 aliphatic carbocycles. The molecule has 0 spiro atoms. The van der Waals surface area contributed by atoms with Crippen LogP contribution < -0.4 is 16.8 Å². The summed E-state index contributed by atoms with van der Waals surface area (Å²) in [5.41, 5.74) is 13.9. The van der Waals surface area contributed by atoms with Crippen molar-refractivity contribution in [3.8, 4) is 22.5 Å². The molecule has 0 saturated carbocycles. The molecule has 0 fully saturated rings. The van der Waals surface area contributed by atoms with Crippen molar-refractivity contribution < 1.29 is 26.0 Å². The summed E-state index contributed by atoms with van der Waals surface area (Å²) in [4.78, 5) is 42.8. The summed E-state index contributed by atoms with van der Waals surface area (Å²) in [5.74, 6) is -1.46. The Kier molecular flexibility index (Phi) is 13.3. The third-order valence-corrected chi connectivity index (χ3v) is 11.7. The van der Waals surface area contributed by atoms with Crippen LogP contribution in [-0.2, 0) is 24.3 Å². The zero-order valence-electron chi connectivity index (χ0n) is 34.4. The first kappa shape index (κ1) is 44.6. The van der Waals surface area contributed by atoms with Crippen LogP contribution in [0.3, 0.4) is 0 Å². The number of nitrogens with one attached hydrogen (secondary N) is 1. The molecule has 2 aromatic heterocycles. The molecular weight excluding hydrogens is 852 g/mol. The van der Waals surface area contributed by atoms with Gasteiger partial charge in [0.2, 0.25) is 5.91 Å². The molecule has 3 amide bonds. The zero-order valence-corrected chi connectivity index (χ0v) is 36.5. The Bertz CT molecular complexity index is 2510. The monoisotopic (exact) mass is 896 g/mol. The molecule has 7 rings (SSSR count). The van der Waals surface area contributed by atoms with Crippen molar-refractivity contribution in [3.63, 3.8) is 0 Å². The molecule has 5 aromatic rings. The second kappa shape index (κ2) is 17.9. The highest BCUT2D eigenvalue weighted by Gasteiger charge is 2.41. The van der Waals surface area contributed by atoms with E-state index in [1.54, 1.807) is 103 Å². The third kappa shape index (κ3) is 9.48. The van der Waals surface area contributed by atoms with E-state index in [0.29, 0.717) is 78.3 Å². The van der Waals surface area contributed by atoms with E-state index >= 15 is 0 Å². The first-order chi connectivity index (χ1) is 28.7. The summed E-state index contributed by atoms with van der Waals surface area (Å²) in [6.45, 7) is 15.0. The van der Waals surface area contributed by atoms with E-state index in [1.165, 1.54) is 7.40 Å². The minimum Gasteiger partial charge on any atom is -0.388 e. The van der Waals surface area contributed by atoms with Gasteiger partial charge in [-0.15, -0.1) is 0 Å². The zero-order chi connectivity index (χ0) is 45.1. The maximum absolute atomic E-state index is 13.3. The second-order valence-corrected chi connectivity index (χ2v) is 17.0. The predicted molar refractivity (Wildman–Crippen MR) is 233 cm³/mol. The lowest BCUT2D eigenvalue weighted by Gasteiger charge is -2.39. The van der Waals surface area contributed by atoms with E-state index in [0.717, 1.165) is 5.56 Å². The number of nitrogens with zero attached hydrogens (tertiary/aromatic N) is 6. The highest BCUT2D eigenvalue weighted by Crippen LogP contribution is 2.38. The smallest absolute Gasteiger partial charge is 0.252 e. The van der Waals surface area contributed by atoms with E-state index in [-0.39, 0.29) is 37.0 Å². The lowest BCUT2D eigenvalue weighted by Crippen LogP contribution is -2.49. The van der Waals surface area contributed by atoms with Crippen LogP contribution in [0.15, 0.2) is 60.7 Å². The minimum atomic E-state index is -1.26. The van der Waals surface area contributed by atoms with Crippen LogP contribution in [-0.4, -0.2) is 76.7 Å². The minimum absolute atomic E-state index is 0.0954. The van der Waals surface area contributed by atoms with Crippen molar-refractivity contribution in [1.29, 1.82) is 0 Å². The van der Waals surface area contributed by atoms with E-state index in [9.17, 15) is 24.6 Å². The first-order valence-electron chi connectivity index (χ1n) is 19.3. The number of aliphatic hydroxyl groups is 2. The number of benzene rings is 3. The van der Waals surface area contributed by atoms with Crippen molar-refractivity contribution in [2.75, 3.05) is 13.1 Å². The molecule has 2 aliphatic heterocycles. The highest BCUT2D eigenvalue weighted by atomic mass is 35.5. The van der Waals surface area contributed by atoms with E-state index < -0.39 is 29.1 Å². The lowest BCUT2D eigenvalue weighted by atomic mass is 9.95. The van der Waals surface area contributed by atoms with Crippen molar-refractivity contribution in [3.05, 3.63) is 120 Å². The Labute approximate surface area is 369 Å². The number of hydrogen-bond acceptors (Lipinski definition) is 8. The summed E-state index contributed by atoms with van der Waals surface area (Å²) in [7, 11) is 1.25. The van der Waals surface area contributed by atoms with Crippen LogP contribution in [0.2, 0.25) is 20.1 Å². The summed E-state index contributed by atoms with van der Waals surface area (Å²) in [5, 5.41) is 35.2. The average Bonchev–Trinajstić information content (AvgIpc) is 3.80. The Morgan fingerprint density at radius 3 is 1.75 bits per heavy atom. The molecule has 18 heteroatoms. The number of carbonyl (C=O) groups excluding carboxylic acids is 3. The van der Waals surface area contributed by atoms with E-state index in [4.69, 9.17) is 65.8 Å². The average molecular weight is 899 g/mol. The second-order valence-electron chi connectivity index (χ2n) is 15.4. The van der Waals surface area contributed by atoms with Gasteiger partial charge in [-0.05, 0) is 57.5 Å². The largest absolute Gasteiger partial charge is 0.388 e. The fraction of sp³-hybridized carbons (Fsp3) is 0.333. The van der Waals surface area contributed by atoms with Gasteiger partial charge in [0.15, 0.2) is 5.69 Å². The van der Waals surface area contributed by atoms with Crippen molar-refractivity contribution in [2.24, 2.45) is 11.5 Å². The van der Waals surface area contributed by atoms with Gasteiger partial charge in [0.05, 0.1) is 85.4 Å². The van der Waals surface area contributed by atoms with Crippen molar-refractivity contribution in [2.45, 2.75) is 77.9 Å². The molecule has 0 saturated heterocycles. The molecule has 2 atom stereocenters. The highest BCUT2D eigenvalue weighted by molar-refractivity contribution is 6.42. The molecule has 14 nitrogen and oxygen atoms in total. The number of amides is 3. The Morgan fingerprint density at radius 1 is 0.817 bits per heavy atom. The number of hydrogen-bond donors (Lipinski definition) is 5. The number of carbonyl (C=O) groups is 3. The molecule has 316 valence electrons. The summed E-state index contributed by atoms with van der Waals surface area (Å²) in [6, 6.07) is 15.8. The molecule has 60 heavy (non-hydrogen) atoms. The fourth-order valence-corrected chi connectivity index (χ4v) is 7.76. The van der Waals surface area contributed by atoms with Gasteiger partial charge < -0.3 is 31.9 Å². The van der Waals surface area contributed by atoms with Crippen LogP contribution in [0.4, 0.5) is 5.69 Å². The SMILES string of the molecule is CC(C)(O)C1CNCc2c(C(N)=O)c(-c3ccc(Cl)c(Cl)c3)nn21.[2H]C.[C-]#[N+]c1ccc(CC(=O)N2Cc3c(C(N)=O)c(-c4ccc(Cl)c(Cl)c4)nn3C(C(C)(C)O)C2)cc1. The van der Waals surface area contributed by atoms with Gasteiger partial charge in [-0.25, -0.2) is 4.85 Å². The number of aromatic nitrogens is 4. The predicted octanol–water partition coefficient (Wildman–Crippen LogP) is 7.41. The van der Waals surface area contributed by atoms with Crippen LogP contribution >= 0.6 is 46.4 Å². The molecule has 0 bridgehead atoms. The van der Waals surface area contributed by atoms with Crippen LogP contribution in [0.1, 0.15) is 86.2 Å². The maximum Gasteiger partial charge on any atom is 0.252 e. The quantitative estimate of drug-likeness (QED) is 0.0992. The number of halogens is 4. The summed E-state index contributed by atoms with van der Waals surface area (Å²) in [6.07, 6.45) is 0.108. The Morgan fingerprint density at radius 2 is 1.30 bits per heavy atom. The third-order valence-electron chi connectivity index (χ3n) is 10.3. The fourth-order valence-electron chi connectivity index (χ4n) is 7.17. The normalized spacial score (nSPS) is 16.2. The first-order valence-corrected chi connectivity index (χ1v) is 19.8. The van der Waals surface area contributed by atoms with Gasteiger partial charge in [-0.2, -0.15) is 10.2 Å². The van der Waals surface area contributed by atoms with Crippen LogP contribution in [0.25, 0.3) is 27.4 Å². The number of rotatable bonds is 8. The lowest BCUT2D eigenvalue weighted by molar-refractivity contribution is -0.134. The van der Waals surface area contributed by atoms with E-state index in [2.05, 4.69) is 20.4 Å². The molecule has 2 unspecified atom stereocenters. The van der Waals surface area contributed by atoms with Gasteiger partial charge in [-0.3, -0.25) is 23.7 Å². The molecule has 0 radical (unpaired) electrons.